The Bertz CT molecular complexity index is 646. The van der Waals surface area contributed by atoms with Crippen LogP contribution >= 0.6 is 0 Å². The zero-order valence-electron chi connectivity index (χ0n) is 11.8. The summed E-state index contributed by atoms with van der Waals surface area (Å²) in [7, 11) is 3.29. The maximum Gasteiger partial charge on any atom is 0.276 e. The number of pyridine rings is 1. The molecule has 0 radical (unpaired) electrons. The summed E-state index contributed by atoms with van der Waals surface area (Å²) in [6.07, 6.45) is 0. The van der Waals surface area contributed by atoms with E-state index in [1.54, 1.807) is 14.2 Å². The van der Waals surface area contributed by atoms with E-state index in [-0.39, 0.29) is 5.69 Å². The van der Waals surface area contributed by atoms with Crippen LogP contribution in [0.1, 0.15) is 5.56 Å². The van der Waals surface area contributed by atoms with Crippen molar-refractivity contribution in [2.75, 3.05) is 24.8 Å². The average molecular weight is 288 g/mol. The fourth-order valence-corrected chi connectivity index (χ4v) is 1.87. The van der Waals surface area contributed by atoms with Gasteiger partial charge in [-0.25, -0.2) is 4.98 Å². The van der Waals surface area contributed by atoms with E-state index in [4.69, 9.17) is 4.74 Å². The first kappa shape index (κ1) is 14.7. The van der Waals surface area contributed by atoms with E-state index in [0.29, 0.717) is 18.2 Å². The van der Waals surface area contributed by atoms with Crippen LogP contribution in [0.3, 0.4) is 0 Å². The molecule has 0 aliphatic rings. The molecule has 2 aromatic rings. The van der Waals surface area contributed by atoms with Gasteiger partial charge < -0.3 is 15.4 Å². The Hall–Kier alpha value is -2.67. The highest BCUT2D eigenvalue weighted by atomic mass is 16.6. The Morgan fingerprint density at radius 1 is 1.29 bits per heavy atom. The van der Waals surface area contributed by atoms with Gasteiger partial charge in [-0.15, -0.1) is 0 Å². The molecule has 7 heteroatoms. The third kappa shape index (κ3) is 3.90. The number of methoxy groups -OCH3 is 1. The van der Waals surface area contributed by atoms with Crippen molar-refractivity contribution < 1.29 is 9.66 Å². The van der Waals surface area contributed by atoms with Crippen molar-refractivity contribution in [3.05, 3.63) is 52.1 Å². The Kier molecular flexibility index (Phi) is 4.68. The summed E-state index contributed by atoms with van der Waals surface area (Å²) in [5.74, 6) is 0.836. The van der Waals surface area contributed by atoms with Crippen LogP contribution in [-0.2, 0) is 11.3 Å². The van der Waals surface area contributed by atoms with Gasteiger partial charge in [-0.05, 0) is 17.7 Å². The van der Waals surface area contributed by atoms with Crippen molar-refractivity contribution in [2.45, 2.75) is 6.61 Å². The predicted octanol–water partition coefficient (Wildman–Crippen LogP) is 2.92. The summed E-state index contributed by atoms with van der Waals surface area (Å²) >= 11 is 0. The lowest BCUT2D eigenvalue weighted by Crippen LogP contribution is -2.00. The first-order valence-corrected chi connectivity index (χ1v) is 6.31. The summed E-state index contributed by atoms with van der Waals surface area (Å²) in [6, 6.07) is 10.4. The van der Waals surface area contributed by atoms with Gasteiger partial charge in [0, 0.05) is 19.8 Å². The lowest BCUT2D eigenvalue weighted by molar-refractivity contribution is -0.384. The van der Waals surface area contributed by atoms with Crippen molar-refractivity contribution in [1.82, 2.24) is 4.98 Å². The number of anilines is 3. The first-order valence-electron chi connectivity index (χ1n) is 6.31. The molecule has 2 N–H and O–H groups in total. The number of benzene rings is 1. The molecule has 0 aliphatic heterocycles. The SMILES string of the molecule is CNc1cc([N+](=O)[O-])cc(Nc2cccc(COC)c2)n1. The second-order valence-corrected chi connectivity index (χ2v) is 4.36. The second-order valence-electron chi connectivity index (χ2n) is 4.36. The van der Waals surface area contributed by atoms with Gasteiger partial charge in [0.25, 0.3) is 5.69 Å². The molecule has 21 heavy (non-hydrogen) atoms. The van der Waals surface area contributed by atoms with Gasteiger partial charge in [0.2, 0.25) is 0 Å². The minimum atomic E-state index is -0.449. The Morgan fingerprint density at radius 2 is 2.05 bits per heavy atom. The summed E-state index contributed by atoms with van der Waals surface area (Å²) in [6.45, 7) is 0.500. The van der Waals surface area contributed by atoms with E-state index in [1.807, 2.05) is 24.3 Å². The Balaban J connectivity index is 2.28. The molecular formula is C14H16N4O3. The molecule has 1 heterocycles. The highest BCUT2D eigenvalue weighted by Gasteiger charge is 2.11. The standard InChI is InChI=1S/C14H16N4O3/c1-15-13-7-12(18(19)20)8-14(17-13)16-11-5-3-4-10(6-11)9-21-2/h3-8H,9H2,1-2H3,(H2,15,16,17). The van der Waals surface area contributed by atoms with Gasteiger partial charge in [-0.2, -0.15) is 0 Å². The minimum absolute atomic E-state index is 0.0232. The largest absolute Gasteiger partial charge is 0.380 e. The molecule has 1 aromatic carbocycles. The molecule has 0 aliphatic carbocycles. The van der Waals surface area contributed by atoms with Crippen LogP contribution in [0.4, 0.5) is 23.0 Å². The van der Waals surface area contributed by atoms with E-state index >= 15 is 0 Å². The molecule has 7 nitrogen and oxygen atoms in total. The zero-order valence-corrected chi connectivity index (χ0v) is 11.8. The van der Waals surface area contributed by atoms with Crippen LogP contribution in [0.5, 0.6) is 0 Å². The van der Waals surface area contributed by atoms with Crippen LogP contribution in [-0.4, -0.2) is 24.1 Å². The lowest BCUT2D eigenvalue weighted by atomic mass is 10.2. The summed E-state index contributed by atoms with van der Waals surface area (Å²) in [5, 5.41) is 16.8. The van der Waals surface area contributed by atoms with Gasteiger partial charge in [0.05, 0.1) is 23.7 Å². The van der Waals surface area contributed by atoms with Crippen molar-refractivity contribution in [1.29, 1.82) is 0 Å². The molecule has 110 valence electrons. The summed E-state index contributed by atoms with van der Waals surface area (Å²) < 4.78 is 5.08. The topological polar surface area (TPSA) is 89.3 Å². The van der Waals surface area contributed by atoms with Gasteiger partial charge in [-0.1, -0.05) is 12.1 Å². The van der Waals surface area contributed by atoms with Crippen LogP contribution in [0.25, 0.3) is 0 Å². The van der Waals surface area contributed by atoms with Crippen LogP contribution in [0.2, 0.25) is 0 Å². The van der Waals surface area contributed by atoms with Gasteiger partial charge in [-0.3, -0.25) is 10.1 Å². The normalized spacial score (nSPS) is 10.2. The average Bonchev–Trinajstić information content (AvgIpc) is 2.47. The van der Waals surface area contributed by atoms with E-state index in [2.05, 4.69) is 15.6 Å². The number of nitrogens with one attached hydrogen (secondary N) is 2. The van der Waals surface area contributed by atoms with Gasteiger partial charge in [0.1, 0.15) is 11.6 Å². The van der Waals surface area contributed by atoms with E-state index in [0.717, 1.165) is 11.3 Å². The molecule has 0 saturated heterocycles. The zero-order chi connectivity index (χ0) is 15.2. The highest BCUT2D eigenvalue weighted by molar-refractivity contribution is 5.62. The van der Waals surface area contributed by atoms with Crippen molar-refractivity contribution in [3.63, 3.8) is 0 Å². The fourth-order valence-electron chi connectivity index (χ4n) is 1.87. The predicted molar refractivity (Wildman–Crippen MR) is 80.9 cm³/mol. The summed E-state index contributed by atoms with van der Waals surface area (Å²) in [4.78, 5) is 14.7. The molecule has 1 aromatic heterocycles. The van der Waals surface area contributed by atoms with E-state index in [9.17, 15) is 10.1 Å². The monoisotopic (exact) mass is 288 g/mol. The lowest BCUT2D eigenvalue weighted by Gasteiger charge is -2.09. The number of nitrogens with zero attached hydrogens (tertiary/aromatic N) is 2. The van der Waals surface area contributed by atoms with Gasteiger partial charge in [0.15, 0.2) is 0 Å². The van der Waals surface area contributed by atoms with Crippen molar-refractivity contribution >= 4 is 23.0 Å². The number of nitro groups is 1. The number of rotatable bonds is 6. The summed E-state index contributed by atoms with van der Waals surface area (Å²) in [5.41, 5.74) is 1.77. The molecule has 2 rings (SSSR count). The smallest absolute Gasteiger partial charge is 0.276 e. The van der Waals surface area contributed by atoms with Crippen LogP contribution in [0, 0.1) is 10.1 Å². The van der Waals surface area contributed by atoms with Crippen molar-refractivity contribution in [3.8, 4) is 0 Å². The van der Waals surface area contributed by atoms with Crippen LogP contribution in [0.15, 0.2) is 36.4 Å². The van der Waals surface area contributed by atoms with Crippen LogP contribution < -0.4 is 10.6 Å². The van der Waals surface area contributed by atoms with Crippen molar-refractivity contribution in [2.24, 2.45) is 0 Å². The fraction of sp³-hybridized carbons (Fsp3) is 0.214. The third-order valence-electron chi connectivity index (χ3n) is 2.79. The minimum Gasteiger partial charge on any atom is -0.380 e. The molecule has 0 spiro atoms. The maximum absolute atomic E-state index is 10.9. The molecule has 0 atom stereocenters. The molecule has 0 saturated carbocycles. The molecule has 0 bridgehead atoms. The number of aromatic nitrogens is 1. The highest BCUT2D eigenvalue weighted by Crippen LogP contribution is 2.23. The number of hydrogen-bond acceptors (Lipinski definition) is 6. The Labute approximate surface area is 122 Å². The molecule has 0 amide bonds. The second kappa shape index (κ2) is 6.67. The van der Waals surface area contributed by atoms with E-state index in [1.165, 1.54) is 12.1 Å². The molecular weight excluding hydrogens is 272 g/mol. The molecule has 0 unspecified atom stereocenters. The first-order chi connectivity index (χ1) is 10.1. The Morgan fingerprint density at radius 3 is 2.71 bits per heavy atom. The third-order valence-corrected chi connectivity index (χ3v) is 2.79. The number of hydrogen-bond donors (Lipinski definition) is 2. The number of ether oxygens (including phenoxy) is 1. The quantitative estimate of drug-likeness (QED) is 0.627. The molecule has 0 fully saturated rings. The van der Waals surface area contributed by atoms with Gasteiger partial charge >= 0.3 is 0 Å². The van der Waals surface area contributed by atoms with E-state index < -0.39 is 4.92 Å². The maximum atomic E-state index is 10.9.